The quantitative estimate of drug-likeness (QED) is 0.817. The lowest BCUT2D eigenvalue weighted by Crippen LogP contribution is -2.26. The number of hydrogen-bond acceptors (Lipinski definition) is 5. The Bertz CT molecular complexity index is 597. The molecule has 1 saturated heterocycles. The second kappa shape index (κ2) is 4.08. The van der Waals surface area contributed by atoms with Gasteiger partial charge in [0.15, 0.2) is 5.65 Å². The molecule has 1 fully saturated rings. The van der Waals surface area contributed by atoms with Gasteiger partial charge in [0.1, 0.15) is 5.82 Å². The van der Waals surface area contributed by atoms with Gasteiger partial charge >= 0.3 is 0 Å². The molecule has 1 unspecified atom stereocenters. The minimum Gasteiger partial charge on any atom is -0.368 e. The van der Waals surface area contributed by atoms with Crippen LogP contribution < -0.4 is 10.6 Å². The van der Waals surface area contributed by atoms with E-state index < -0.39 is 0 Å². The van der Waals surface area contributed by atoms with Crippen molar-refractivity contribution in [3.8, 4) is 0 Å². The van der Waals surface area contributed by atoms with Gasteiger partial charge in [-0.15, -0.1) is 0 Å². The van der Waals surface area contributed by atoms with Crippen molar-refractivity contribution in [1.29, 1.82) is 0 Å². The minimum atomic E-state index is 0.297. The maximum atomic E-state index is 5.78. The van der Waals surface area contributed by atoms with Crippen LogP contribution in [0.4, 0.5) is 11.8 Å². The molecule has 102 valence electrons. The third kappa shape index (κ3) is 2.11. The molecule has 6 heteroatoms. The molecular weight excluding hydrogens is 240 g/mol. The summed E-state index contributed by atoms with van der Waals surface area (Å²) < 4.78 is 0. The van der Waals surface area contributed by atoms with E-state index in [1.54, 1.807) is 6.20 Å². The number of fused-ring (bicyclic) bond motifs is 1. The summed E-state index contributed by atoms with van der Waals surface area (Å²) in [4.78, 5) is 10.9. The molecule has 0 saturated carbocycles. The standard InChI is InChI=1S/C13H20N6/c1-13(2,3)8-4-5-19(7-8)11-9-6-15-18-10(9)16-12(14)17-11/h6,8H,4-5,7H2,1-3H3,(H3,14,15,16,17,18). The average molecular weight is 260 g/mol. The second-order valence-electron chi connectivity index (χ2n) is 6.34. The van der Waals surface area contributed by atoms with Crippen LogP contribution in [0.2, 0.25) is 0 Å². The molecule has 2 aromatic heterocycles. The van der Waals surface area contributed by atoms with Crippen molar-refractivity contribution in [1.82, 2.24) is 20.2 Å². The summed E-state index contributed by atoms with van der Waals surface area (Å²) in [6.07, 6.45) is 2.96. The average Bonchev–Trinajstić information content (AvgIpc) is 2.94. The molecule has 0 bridgehead atoms. The van der Waals surface area contributed by atoms with Crippen molar-refractivity contribution >= 4 is 22.8 Å². The molecule has 0 spiro atoms. The van der Waals surface area contributed by atoms with Crippen LogP contribution in [0, 0.1) is 11.3 Å². The predicted octanol–water partition coefficient (Wildman–Crippen LogP) is 1.81. The van der Waals surface area contributed by atoms with E-state index in [4.69, 9.17) is 5.73 Å². The zero-order valence-corrected chi connectivity index (χ0v) is 11.6. The SMILES string of the molecule is CC(C)(C)C1CCN(c2nc(N)nc3[nH]ncc23)C1. The lowest BCUT2D eigenvalue weighted by Gasteiger charge is -2.27. The van der Waals surface area contributed by atoms with Crippen LogP contribution >= 0.6 is 0 Å². The molecule has 1 atom stereocenters. The van der Waals surface area contributed by atoms with E-state index in [1.807, 2.05) is 0 Å². The Morgan fingerprint density at radius 1 is 1.37 bits per heavy atom. The zero-order chi connectivity index (χ0) is 13.6. The molecule has 0 aliphatic carbocycles. The van der Waals surface area contributed by atoms with E-state index in [-0.39, 0.29) is 0 Å². The summed E-state index contributed by atoms with van der Waals surface area (Å²) in [6.45, 7) is 8.91. The van der Waals surface area contributed by atoms with E-state index in [9.17, 15) is 0 Å². The van der Waals surface area contributed by atoms with Gasteiger partial charge in [0.2, 0.25) is 5.95 Å². The summed E-state index contributed by atoms with van der Waals surface area (Å²) in [6, 6.07) is 0. The van der Waals surface area contributed by atoms with E-state index in [2.05, 4.69) is 45.8 Å². The molecule has 0 amide bonds. The van der Waals surface area contributed by atoms with Crippen LogP contribution in [0.15, 0.2) is 6.20 Å². The van der Waals surface area contributed by atoms with Crippen LogP contribution in [0.1, 0.15) is 27.2 Å². The highest BCUT2D eigenvalue weighted by atomic mass is 15.3. The Labute approximate surface area is 112 Å². The summed E-state index contributed by atoms with van der Waals surface area (Å²) in [5.74, 6) is 1.87. The first-order valence-corrected chi connectivity index (χ1v) is 6.66. The van der Waals surface area contributed by atoms with Gasteiger partial charge in [-0.3, -0.25) is 5.10 Å². The molecule has 1 aliphatic rings. The van der Waals surface area contributed by atoms with Crippen LogP contribution in [-0.4, -0.2) is 33.3 Å². The van der Waals surface area contributed by atoms with Crippen LogP contribution in [0.25, 0.3) is 11.0 Å². The summed E-state index contributed by atoms with van der Waals surface area (Å²) in [5.41, 5.74) is 6.81. The normalized spacial score (nSPS) is 20.4. The summed E-state index contributed by atoms with van der Waals surface area (Å²) in [7, 11) is 0. The largest absolute Gasteiger partial charge is 0.368 e. The third-order valence-corrected chi connectivity index (χ3v) is 4.02. The maximum absolute atomic E-state index is 5.78. The van der Waals surface area contributed by atoms with Crippen molar-refractivity contribution in [3.05, 3.63) is 6.20 Å². The maximum Gasteiger partial charge on any atom is 0.224 e. The first-order chi connectivity index (χ1) is 8.95. The van der Waals surface area contributed by atoms with Gasteiger partial charge < -0.3 is 10.6 Å². The fraction of sp³-hybridized carbons (Fsp3) is 0.615. The van der Waals surface area contributed by atoms with E-state index in [0.29, 0.717) is 22.9 Å². The lowest BCUT2D eigenvalue weighted by atomic mass is 9.80. The topological polar surface area (TPSA) is 83.7 Å². The van der Waals surface area contributed by atoms with Crippen LogP contribution in [0.5, 0.6) is 0 Å². The lowest BCUT2D eigenvalue weighted by molar-refractivity contribution is 0.263. The number of aromatic nitrogens is 4. The number of H-pyrrole nitrogens is 1. The molecule has 2 aromatic rings. The number of nitrogens with one attached hydrogen (secondary N) is 1. The highest BCUT2D eigenvalue weighted by Crippen LogP contribution is 2.36. The zero-order valence-electron chi connectivity index (χ0n) is 11.6. The Hall–Kier alpha value is -1.85. The molecule has 6 nitrogen and oxygen atoms in total. The number of rotatable bonds is 1. The second-order valence-corrected chi connectivity index (χ2v) is 6.34. The molecule has 0 aromatic carbocycles. The number of nitrogens with zero attached hydrogens (tertiary/aromatic N) is 4. The Morgan fingerprint density at radius 2 is 2.16 bits per heavy atom. The van der Waals surface area contributed by atoms with Gasteiger partial charge in [-0.1, -0.05) is 20.8 Å². The Balaban J connectivity index is 1.95. The van der Waals surface area contributed by atoms with E-state index >= 15 is 0 Å². The highest BCUT2D eigenvalue weighted by Gasteiger charge is 2.33. The summed E-state index contributed by atoms with van der Waals surface area (Å²) in [5, 5.41) is 7.84. The van der Waals surface area contributed by atoms with Gasteiger partial charge in [-0.2, -0.15) is 15.1 Å². The third-order valence-electron chi connectivity index (χ3n) is 4.02. The van der Waals surface area contributed by atoms with Gasteiger partial charge in [-0.05, 0) is 17.8 Å². The molecule has 3 rings (SSSR count). The van der Waals surface area contributed by atoms with Crippen molar-refractivity contribution < 1.29 is 0 Å². The first kappa shape index (κ1) is 12.2. The molecule has 3 heterocycles. The minimum absolute atomic E-state index is 0.297. The molecule has 19 heavy (non-hydrogen) atoms. The van der Waals surface area contributed by atoms with Crippen molar-refractivity contribution in [2.45, 2.75) is 27.2 Å². The van der Waals surface area contributed by atoms with Crippen LogP contribution in [-0.2, 0) is 0 Å². The van der Waals surface area contributed by atoms with Crippen molar-refractivity contribution in [2.75, 3.05) is 23.7 Å². The number of nitrogens with two attached hydrogens (primary N) is 1. The summed E-state index contributed by atoms with van der Waals surface area (Å²) >= 11 is 0. The Morgan fingerprint density at radius 3 is 2.84 bits per heavy atom. The number of hydrogen-bond donors (Lipinski definition) is 2. The highest BCUT2D eigenvalue weighted by molar-refractivity contribution is 5.87. The molecule has 3 N–H and O–H groups in total. The van der Waals surface area contributed by atoms with Crippen molar-refractivity contribution in [3.63, 3.8) is 0 Å². The number of anilines is 2. The van der Waals surface area contributed by atoms with Gasteiger partial charge in [0, 0.05) is 13.1 Å². The van der Waals surface area contributed by atoms with Gasteiger partial charge in [0.25, 0.3) is 0 Å². The molecular formula is C13H20N6. The molecule has 1 aliphatic heterocycles. The fourth-order valence-electron chi connectivity index (χ4n) is 2.74. The number of nitrogen functional groups attached to an aromatic ring is 1. The van der Waals surface area contributed by atoms with Crippen molar-refractivity contribution in [2.24, 2.45) is 11.3 Å². The van der Waals surface area contributed by atoms with Gasteiger partial charge in [0.05, 0.1) is 11.6 Å². The van der Waals surface area contributed by atoms with Crippen LogP contribution in [0.3, 0.4) is 0 Å². The fourth-order valence-corrected chi connectivity index (χ4v) is 2.74. The predicted molar refractivity (Wildman–Crippen MR) is 75.9 cm³/mol. The van der Waals surface area contributed by atoms with E-state index in [0.717, 1.165) is 24.3 Å². The number of aromatic amines is 1. The Kier molecular flexibility index (Phi) is 2.62. The van der Waals surface area contributed by atoms with E-state index in [1.165, 1.54) is 6.42 Å². The molecule has 0 radical (unpaired) electrons. The van der Waals surface area contributed by atoms with Gasteiger partial charge in [-0.25, -0.2) is 0 Å². The smallest absolute Gasteiger partial charge is 0.224 e. The monoisotopic (exact) mass is 260 g/mol. The first-order valence-electron chi connectivity index (χ1n) is 6.66.